The first-order chi connectivity index (χ1) is 25.2. The molecule has 10 aromatic heterocycles. The van der Waals surface area contributed by atoms with Gasteiger partial charge in [0.1, 0.15) is 0 Å². The number of hydrogen-bond donors (Lipinski definition) is 0. The molecule has 0 aliphatic heterocycles. The highest BCUT2D eigenvalue weighted by Crippen LogP contribution is 2.73. The summed E-state index contributed by atoms with van der Waals surface area (Å²) in [6, 6.07) is 24.2. The van der Waals surface area contributed by atoms with Crippen LogP contribution in [0.1, 0.15) is 71.0 Å². The molecule has 10 heteroatoms. The van der Waals surface area contributed by atoms with Crippen molar-refractivity contribution in [3.63, 3.8) is 0 Å². The normalized spacial score (nSPS) is 15.4. The van der Waals surface area contributed by atoms with Crippen molar-refractivity contribution in [3.8, 4) is 19.5 Å². The lowest BCUT2D eigenvalue weighted by Crippen LogP contribution is -2.26. The van der Waals surface area contributed by atoms with E-state index in [0.29, 0.717) is 0 Å². The van der Waals surface area contributed by atoms with Crippen LogP contribution >= 0.6 is 113 Å². The summed E-state index contributed by atoms with van der Waals surface area (Å²) in [5, 5.41) is 0. The minimum absolute atomic E-state index is 0.327. The molecular weight excluding hydrogens is 825 g/mol. The van der Waals surface area contributed by atoms with Crippen molar-refractivity contribution in [2.75, 3.05) is 0 Å². The second-order valence-electron chi connectivity index (χ2n) is 14.1. The van der Waals surface area contributed by atoms with Crippen LogP contribution in [-0.4, -0.2) is 0 Å². The molecule has 0 spiro atoms. The van der Waals surface area contributed by atoms with Gasteiger partial charge in [-0.2, -0.15) is 0 Å². The first-order valence-corrected chi connectivity index (χ1v) is 25.3. The Morgan fingerprint density at radius 3 is 0.923 bits per heavy atom. The summed E-state index contributed by atoms with van der Waals surface area (Å²) in [5.41, 5.74) is 5.55. The van der Waals surface area contributed by atoms with E-state index in [1.165, 1.54) is 96.5 Å². The first-order valence-electron chi connectivity index (χ1n) is 17.1. The maximum atomic E-state index is 2.46. The highest BCUT2D eigenvalue weighted by Gasteiger charge is 2.57. The van der Waals surface area contributed by atoms with Crippen LogP contribution in [0.4, 0.5) is 0 Å². The fourth-order valence-corrected chi connectivity index (χ4v) is 22.2. The highest BCUT2D eigenvalue weighted by atomic mass is 32.1. The highest BCUT2D eigenvalue weighted by molar-refractivity contribution is 7.37. The van der Waals surface area contributed by atoms with E-state index in [-0.39, 0.29) is 10.8 Å². The fraction of sp³-hybridized carbons (Fsp3) is 0.190. The van der Waals surface area contributed by atoms with Gasteiger partial charge in [-0.1, -0.05) is 0 Å². The largest absolute Gasteiger partial charge is 0.144 e. The molecule has 0 fully saturated rings. The van der Waals surface area contributed by atoms with Gasteiger partial charge < -0.3 is 0 Å². The van der Waals surface area contributed by atoms with Gasteiger partial charge in [0.05, 0.1) is 49.1 Å². The van der Waals surface area contributed by atoms with Gasteiger partial charge in [0.25, 0.3) is 0 Å². The van der Waals surface area contributed by atoms with Gasteiger partial charge in [-0.05, 0) is 102 Å². The van der Waals surface area contributed by atoms with Crippen molar-refractivity contribution in [1.29, 1.82) is 0 Å². The molecule has 0 N–H and O–H groups in total. The lowest BCUT2D eigenvalue weighted by molar-refractivity contribution is 0.826. The Hall–Kier alpha value is -2.22. The van der Waals surface area contributed by atoms with Gasteiger partial charge >= 0.3 is 0 Å². The molecule has 52 heavy (non-hydrogen) atoms. The molecule has 0 atom stereocenters. The third-order valence-electron chi connectivity index (χ3n) is 10.8. The Bertz CT molecular complexity index is 2820. The molecule has 0 aromatic carbocycles. The summed E-state index contributed by atoms with van der Waals surface area (Å²) in [5.74, 6) is 0. The fourth-order valence-electron chi connectivity index (χ4n) is 8.97. The Morgan fingerprint density at radius 1 is 0.308 bits per heavy atom. The third-order valence-corrected chi connectivity index (χ3v) is 22.9. The summed E-state index contributed by atoms with van der Waals surface area (Å²) in [6.45, 7) is 13.7. The molecule has 0 nitrogen and oxygen atoms in total. The average Bonchev–Trinajstić information content (AvgIpc) is 3.90. The van der Waals surface area contributed by atoms with Crippen molar-refractivity contribution in [2.24, 2.45) is 0 Å². The predicted molar refractivity (Wildman–Crippen MR) is 241 cm³/mol. The van der Waals surface area contributed by atoms with E-state index < -0.39 is 0 Å². The SMILES string of the molecule is Cc1ccc(C2(c3ccc(C)s3)c3c(sc4cc(C)sc34)-c3sc4c5c(sc4c32)-c2sc3cc(C)sc3c2C5(c2ccc(C)s2)c2ccc(C)s2)s1. The summed E-state index contributed by atoms with van der Waals surface area (Å²) < 4.78 is 8.89. The molecule has 2 aliphatic carbocycles. The summed E-state index contributed by atoms with van der Waals surface area (Å²) in [6.07, 6.45) is 0. The Morgan fingerprint density at radius 2 is 0.615 bits per heavy atom. The maximum absolute atomic E-state index is 2.46. The zero-order valence-corrected chi connectivity index (χ0v) is 37.0. The Labute approximate surface area is 341 Å². The molecule has 0 amide bonds. The summed E-state index contributed by atoms with van der Waals surface area (Å²) in [7, 11) is 0. The minimum Gasteiger partial charge on any atom is -0.144 e. The van der Waals surface area contributed by atoms with Crippen LogP contribution in [0.3, 0.4) is 0 Å². The van der Waals surface area contributed by atoms with Crippen LogP contribution in [0.25, 0.3) is 47.7 Å². The standard InChI is InChI=1S/C42H28S10/c1-17-7-11-25(43-17)41(26-12-8-18(2)44-26)29-33-23(15-21(5)47-33)49-35(29)37-31(41)39-40(51-37)32-38(52-39)36-30(34-24(50-36)16-22(6)48-34)42(32,27-13-9-19(3)45-27)28-14-10-20(4)46-28/h7-16H,1-6H3. The van der Waals surface area contributed by atoms with E-state index in [9.17, 15) is 0 Å². The first kappa shape index (κ1) is 32.1. The molecule has 10 aromatic rings. The molecule has 0 saturated heterocycles. The number of thiophene rings is 10. The van der Waals surface area contributed by atoms with Crippen molar-refractivity contribution in [2.45, 2.75) is 52.4 Å². The molecule has 0 bridgehead atoms. The second-order valence-corrected chi connectivity index (χ2v) is 25.9. The predicted octanol–water partition coefficient (Wildman–Crippen LogP) is 16.3. The van der Waals surface area contributed by atoms with E-state index >= 15 is 0 Å². The molecule has 12 rings (SSSR count). The molecule has 0 radical (unpaired) electrons. The zero-order chi connectivity index (χ0) is 35.0. The van der Waals surface area contributed by atoms with E-state index in [4.69, 9.17) is 0 Å². The van der Waals surface area contributed by atoms with Gasteiger partial charge in [-0.15, -0.1) is 113 Å². The van der Waals surface area contributed by atoms with Crippen molar-refractivity contribution in [3.05, 3.63) is 132 Å². The van der Waals surface area contributed by atoms with E-state index in [1.54, 1.807) is 22.3 Å². The Balaban J connectivity index is 1.29. The molecule has 0 saturated carbocycles. The van der Waals surface area contributed by atoms with Crippen LogP contribution in [0.15, 0.2) is 60.7 Å². The number of aryl methyl sites for hydroxylation is 6. The lowest BCUT2D eigenvalue weighted by Gasteiger charge is -2.30. The average molecular weight is 853 g/mol. The number of hydrogen-bond acceptors (Lipinski definition) is 10. The molecule has 2 aliphatic rings. The van der Waals surface area contributed by atoms with Crippen LogP contribution in [-0.2, 0) is 10.8 Å². The van der Waals surface area contributed by atoms with Crippen LogP contribution in [0, 0.1) is 41.5 Å². The van der Waals surface area contributed by atoms with E-state index in [0.717, 1.165) is 0 Å². The summed E-state index contributed by atoms with van der Waals surface area (Å²) >= 11 is 20.3. The van der Waals surface area contributed by atoms with Crippen LogP contribution in [0.5, 0.6) is 0 Å². The third kappa shape index (κ3) is 3.80. The minimum atomic E-state index is -0.327. The zero-order valence-electron chi connectivity index (χ0n) is 28.9. The van der Waals surface area contributed by atoms with Crippen molar-refractivity contribution in [1.82, 2.24) is 0 Å². The van der Waals surface area contributed by atoms with Crippen molar-refractivity contribution < 1.29 is 0 Å². The monoisotopic (exact) mass is 852 g/mol. The quantitative estimate of drug-likeness (QED) is 0.165. The van der Waals surface area contributed by atoms with Gasteiger partial charge in [0, 0.05) is 80.4 Å². The molecule has 256 valence electrons. The van der Waals surface area contributed by atoms with Gasteiger partial charge in [-0.3, -0.25) is 0 Å². The second kappa shape index (κ2) is 10.8. The van der Waals surface area contributed by atoms with Crippen LogP contribution < -0.4 is 0 Å². The maximum Gasteiger partial charge on any atom is 0.0944 e. The summed E-state index contributed by atoms with van der Waals surface area (Å²) in [4.78, 5) is 20.2. The molecule has 0 unspecified atom stereocenters. The van der Waals surface area contributed by atoms with Crippen molar-refractivity contribution >= 4 is 142 Å². The van der Waals surface area contributed by atoms with Gasteiger partial charge in [0.2, 0.25) is 0 Å². The van der Waals surface area contributed by atoms with Gasteiger partial charge in [-0.25, -0.2) is 0 Å². The van der Waals surface area contributed by atoms with E-state index in [1.807, 2.05) is 90.7 Å². The lowest BCUT2D eigenvalue weighted by atomic mass is 9.75. The Kier molecular flexibility index (Phi) is 6.63. The smallest absolute Gasteiger partial charge is 0.0944 e. The molecular formula is C42H28S10. The van der Waals surface area contributed by atoms with Crippen LogP contribution in [0.2, 0.25) is 0 Å². The topological polar surface area (TPSA) is 0 Å². The van der Waals surface area contributed by atoms with Gasteiger partial charge in [0.15, 0.2) is 0 Å². The molecule has 10 heterocycles. The van der Waals surface area contributed by atoms with E-state index in [2.05, 4.69) is 125 Å². The number of rotatable bonds is 4. The number of fused-ring (bicyclic) bond motifs is 13.